The standard InChI is InChI=1S/C15H21FN2O/c1-11-8-9-14(13(16)10-11)18-15(19)17-12-6-4-2-3-5-7-12/h8-10,12H,2-7H2,1H3,(H2,17,18,19). The first kappa shape index (κ1) is 13.8. The maximum Gasteiger partial charge on any atom is 0.319 e. The molecule has 1 saturated carbocycles. The largest absolute Gasteiger partial charge is 0.335 e. The van der Waals surface area contributed by atoms with E-state index >= 15 is 0 Å². The monoisotopic (exact) mass is 264 g/mol. The second-order valence-corrected chi connectivity index (χ2v) is 5.27. The second kappa shape index (κ2) is 6.55. The third-order valence-electron chi connectivity index (χ3n) is 3.56. The Balaban J connectivity index is 1.89. The summed E-state index contributed by atoms with van der Waals surface area (Å²) < 4.78 is 13.6. The number of hydrogen-bond donors (Lipinski definition) is 2. The lowest BCUT2D eigenvalue weighted by molar-refractivity contribution is 0.247. The van der Waals surface area contributed by atoms with Gasteiger partial charge in [0.15, 0.2) is 0 Å². The quantitative estimate of drug-likeness (QED) is 0.779. The number of hydrogen-bond acceptors (Lipinski definition) is 1. The van der Waals surface area contributed by atoms with Gasteiger partial charge in [0.25, 0.3) is 0 Å². The van der Waals surface area contributed by atoms with E-state index in [1.54, 1.807) is 12.1 Å². The van der Waals surface area contributed by atoms with Gasteiger partial charge in [-0.15, -0.1) is 0 Å². The fourth-order valence-electron chi connectivity index (χ4n) is 2.49. The summed E-state index contributed by atoms with van der Waals surface area (Å²) in [5.74, 6) is -0.393. The zero-order valence-corrected chi connectivity index (χ0v) is 11.3. The van der Waals surface area contributed by atoms with Gasteiger partial charge in [0.2, 0.25) is 0 Å². The van der Waals surface area contributed by atoms with E-state index in [2.05, 4.69) is 10.6 Å². The topological polar surface area (TPSA) is 41.1 Å². The molecular formula is C15H21FN2O. The van der Waals surface area contributed by atoms with E-state index in [0.29, 0.717) is 0 Å². The summed E-state index contributed by atoms with van der Waals surface area (Å²) in [6, 6.07) is 4.70. The predicted octanol–water partition coefficient (Wildman–Crippen LogP) is 3.98. The number of nitrogens with one attached hydrogen (secondary N) is 2. The molecular weight excluding hydrogens is 243 g/mol. The van der Waals surface area contributed by atoms with E-state index in [1.165, 1.54) is 18.9 Å². The molecule has 2 N–H and O–H groups in total. The van der Waals surface area contributed by atoms with Crippen LogP contribution < -0.4 is 10.6 Å². The van der Waals surface area contributed by atoms with Gasteiger partial charge in [-0.1, -0.05) is 31.7 Å². The summed E-state index contributed by atoms with van der Waals surface area (Å²) >= 11 is 0. The van der Waals surface area contributed by atoms with E-state index in [1.807, 2.05) is 6.92 Å². The van der Waals surface area contributed by atoms with E-state index < -0.39 is 5.82 Å². The van der Waals surface area contributed by atoms with Crippen LogP contribution in [0.4, 0.5) is 14.9 Å². The Labute approximate surface area is 113 Å². The molecule has 0 spiro atoms. The van der Waals surface area contributed by atoms with Crippen LogP contribution in [0.5, 0.6) is 0 Å². The van der Waals surface area contributed by atoms with Crippen molar-refractivity contribution in [2.24, 2.45) is 0 Å². The van der Waals surface area contributed by atoms with Crippen molar-refractivity contribution < 1.29 is 9.18 Å². The van der Waals surface area contributed by atoms with Gasteiger partial charge in [0.1, 0.15) is 5.82 Å². The highest BCUT2D eigenvalue weighted by Gasteiger charge is 2.15. The lowest BCUT2D eigenvalue weighted by Crippen LogP contribution is -2.37. The van der Waals surface area contributed by atoms with Crippen molar-refractivity contribution in [2.45, 2.75) is 51.5 Å². The number of aryl methyl sites for hydroxylation is 1. The Kier molecular flexibility index (Phi) is 4.77. The molecule has 1 aliphatic rings. The van der Waals surface area contributed by atoms with Crippen molar-refractivity contribution in [1.29, 1.82) is 0 Å². The van der Waals surface area contributed by atoms with Crippen LogP contribution in [0.15, 0.2) is 18.2 Å². The molecule has 19 heavy (non-hydrogen) atoms. The molecule has 0 heterocycles. The lowest BCUT2D eigenvalue weighted by atomic mass is 10.1. The van der Waals surface area contributed by atoms with Crippen LogP contribution in [-0.2, 0) is 0 Å². The van der Waals surface area contributed by atoms with E-state index in [0.717, 1.165) is 31.2 Å². The smallest absolute Gasteiger partial charge is 0.319 e. The first-order chi connectivity index (χ1) is 9.15. The summed E-state index contributed by atoms with van der Waals surface area (Å²) in [5, 5.41) is 5.51. The highest BCUT2D eigenvalue weighted by molar-refractivity contribution is 5.89. The van der Waals surface area contributed by atoms with Gasteiger partial charge in [-0.05, 0) is 37.5 Å². The Morgan fingerprint density at radius 2 is 1.89 bits per heavy atom. The van der Waals surface area contributed by atoms with Crippen LogP contribution in [0, 0.1) is 12.7 Å². The molecule has 0 atom stereocenters. The number of amides is 2. The average Bonchev–Trinajstić information content (AvgIpc) is 2.61. The molecule has 1 aromatic rings. The highest BCUT2D eigenvalue weighted by Crippen LogP contribution is 2.18. The molecule has 0 radical (unpaired) electrons. The van der Waals surface area contributed by atoms with Crippen molar-refractivity contribution in [1.82, 2.24) is 5.32 Å². The second-order valence-electron chi connectivity index (χ2n) is 5.27. The van der Waals surface area contributed by atoms with Gasteiger partial charge < -0.3 is 10.6 Å². The average molecular weight is 264 g/mol. The molecule has 3 nitrogen and oxygen atoms in total. The zero-order chi connectivity index (χ0) is 13.7. The van der Waals surface area contributed by atoms with Gasteiger partial charge in [-0.25, -0.2) is 9.18 Å². The van der Waals surface area contributed by atoms with Gasteiger partial charge in [0.05, 0.1) is 5.69 Å². The Morgan fingerprint density at radius 3 is 2.53 bits per heavy atom. The number of anilines is 1. The summed E-state index contributed by atoms with van der Waals surface area (Å²) in [7, 11) is 0. The molecule has 4 heteroatoms. The summed E-state index contributed by atoms with van der Waals surface area (Å²) in [6.45, 7) is 1.82. The van der Waals surface area contributed by atoms with Crippen LogP contribution in [0.1, 0.15) is 44.1 Å². The van der Waals surface area contributed by atoms with Crippen molar-refractivity contribution in [3.63, 3.8) is 0 Å². The SMILES string of the molecule is Cc1ccc(NC(=O)NC2CCCCCC2)c(F)c1. The van der Waals surface area contributed by atoms with Gasteiger partial charge >= 0.3 is 6.03 Å². The highest BCUT2D eigenvalue weighted by atomic mass is 19.1. The van der Waals surface area contributed by atoms with Gasteiger partial charge in [0, 0.05) is 6.04 Å². The lowest BCUT2D eigenvalue weighted by Gasteiger charge is -2.17. The zero-order valence-electron chi connectivity index (χ0n) is 11.3. The van der Waals surface area contributed by atoms with E-state index in [4.69, 9.17) is 0 Å². The molecule has 1 fully saturated rings. The molecule has 0 unspecified atom stereocenters. The van der Waals surface area contributed by atoms with Gasteiger partial charge in [-0.2, -0.15) is 0 Å². The first-order valence-electron chi connectivity index (χ1n) is 6.99. The number of halogens is 1. The van der Waals surface area contributed by atoms with E-state index in [-0.39, 0.29) is 17.8 Å². The van der Waals surface area contributed by atoms with E-state index in [9.17, 15) is 9.18 Å². The normalized spacial score (nSPS) is 16.7. The molecule has 1 aromatic carbocycles. The van der Waals surface area contributed by atoms with Crippen LogP contribution in [-0.4, -0.2) is 12.1 Å². The van der Waals surface area contributed by atoms with Gasteiger partial charge in [-0.3, -0.25) is 0 Å². The Bertz CT molecular complexity index is 440. The molecule has 0 bridgehead atoms. The minimum absolute atomic E-state index is 0.219. The molecule has 2 rings (SSSR count). The number of carbonyl (C=O) groups excluding carboxylic acids is 1. The van der Waals surface area contributed by atoms with Crippen molar-refractivity contribution in [2.75, 3.05) is 5.32 Å². The van der Waals surface area contributed by atoms with Crippen molar-refractivity contribution in [3.8, 4) is 0 Å². The molecule has 0 aliphatic heterocycles. The molecule has 0 aromatic heterocycles. The Hall–Kier alpha value is -1.58. The molecule has 104 valence electrons. The minimum Gasteiger partial charge on any atom is -0.335 e. The van der Waals surface area contributed by atoms with Crippen LogP contribution in [0.25, 0.3) is 0 Å². The third kappa shape index (κ3) is 4.23. The number of carbonyl (C=O) groups is 1. The predicted molar refractivity (Wildman–Crippen MR) is 74.8 cm³/mol. The number of benzene rings is 1. The molecule has 0 saturated heterocycles. The number of rotatable bonds is 2. The van der Waals surface area contributed by atoms with Crippen molar-refractivity contribution in [3.05, 3.63) is 29.6 Å². The third-order valence-corrected chi connectivity index (χ3v) is 3.56. The summed E-state index contributed by atoms with van der Waals surface area (Å²) in [6.07, 6.45) is 6.83. The number of urea groups is 1. The Morgan fingerprint density at radius 1 is 1.21 bits per heavy atom. The van der Waals surface area contributed by atoms with Crippen LogP contribution in [0.3, 0.4) is 0 Å². The minimum atomic E-state index is -0.393. The van der Waals surface area contributed by atoms with Crippen LogP contribution in [0.2, 0.25) is 0 Å². The molecule has 1 aliphatic carbocycles. The first-order valence-corrected chi connectivity index (χ1v) is 6.99. The summed E-state index contributed by atoms with van der Waals surface area (Å²) in [4.78, 5) is 11.8. The maximum absolute atomic E-state index is 13.6. The van der Waals surface area contributed by atoms with Crippen LogP contribution >= 0.6 is 0 Å². The molecule has 2 amide bonds. The van der Waals surface area contributed by atoms with Crippen molar-refractivity contribution >= 4 is 11.7 Å². The summed E-state index contributed by atoms with van der Waals surface area (Å²) in [5.41, 5.74) is 1.07. The fraction of sp³-hybridized carbons (Fsp3) is 0.533. The fourth-order valence-corrected chi connectivity index (χ4v) is 2.49. The maximum atomic E-state index is 13.6.